The maximum Gasteiger partial charge on any atom is 0.242 e. The van der Waals surface area contributed by atoms with Crippen molar-refractivity contribution in [1.82, 2.24) is 9.80 Å². The van der Waals surface area contributed by atoms with Crippen molar-refractivity contribution < 1.29 is 4.79 Å². The van der Waals surface area contributed by atoms with Crippen molar-refractivity contribution in [2.75, 3.05) is 26.2 Å². The summed E-state index contributed by atoms with van der Waals surface area (Å²) >= 11 is 5.91. The summed E-state index contributed by atoms with van der Waals surface area (Å²) in [4.78, 5) is 16.8. The number of carbonyl (C=O) groups excluding carboxylic acids is 1. The van der Waals surface area contributed by atoms with Crippen LogP contribution in [-0.2, 0) is 11.3 Å². The second-order valence-electron chi connectivity index (χ2n) is 6.36. The Bertz CT molecular complexity index is 493. The number of nitrogens with two attached hydrogens (primary N) is 1. The van der Waals surface area contributed by atoms with E-state index in [4.69, 9.17) is 17.3 Å². The molecule has 22 heavy (non-hydrogen) atoms. The molecule has 2 N–H and O–H groups in total. The van der Waals surface area contributed by atoms with E-state index in [1.807, 2.05) is 24.0 Å². The average molecular weight is 324 g/mol. The summed E-state index contributed by atoms with van der Waals surface area (Å²) in [6.07, 6.45) is 1.66. The smallest absolute Gasteiger partial charge is 0.242 e. The lowest BCUT2D eigenvalue weighted by Gasteiger charge is -2.38. The minimum Gasteiger partial charge on any atom is -0.339 e. The molecule has 0 saturated carbocycles. The first kappa shape index (κ1) is 17.3. The third-order valence-electron chi connectivity index (χ3n) is 4.24. The van der Waals surface area contributed by atoms with Crippen LogP contribution < -0.4 is 5.73 Å². The fourth-order valence-electron chi connectivity index (χ4n) is 2.94. The molecule has 1 fully saturated rings. The largest absolute Gasteiger partial charge is 0.339 e. The molecular weight excluding hydrogens is 298 g/mol. The van der Waals surface area contributed by atoms with Crippen LogP contribution in [0, 0.1) is 0 Å². The van der Waals surface area contributed by atoms with Gasteiger partial charge >= 0.3 is 0 Å². The van der Waals surface area contributed by atoms with Crippen LogP contribution in [-0.4, -0.2) is 47.4 Å². The first-order chi connectivity index (χ1) is 10.4. The van der Waals surface area contributed by atoms with Crippen LogP contribution in [0.5, 0.6) is 0 Å². The van der Waals surface area contributed by atoms with Gasteiger partial charge in [0.25, 0.3) is 0 Å². The van der Waals surface area contributed by atoms with Gasteiger partial charge in [-0.25, -0.2) is 0 Å². The van der Waals surface area contributed by atoms with Crippen LogP contribution in [0.2, 0.25) is 5.02 Å². The first-order valence-electron chi connectivity index (χ1n) is 7.97. The minimum atomic E-state index is -0.729. The second-order valence-corrected chi connectivity index (χ2v) is 6.80. The predicted molar refractivity (Wildman–Crippen MR) is 90.8 cm³/mol. The molecule has 1 aromatic rings. The molecule has 5 heteroatoms. The monoisotopic (exact) mass is 323 g/mol. The highest BCUT2D eigenvalue weighted by atomic mass is 35.5. The van der Waals surface area contributed by atoms with Gasteiger partial charge in [-0.1, -0.05) is 37.1 Å². The molecule has 1 aliphatic heterocycles. The van der Waals surface area contributed by atoms with Crippen LogP contribution in [0.1, 0.15) is 32.3 Å². The first-order valence-corrected chi connectivity index (χ1v) is 8.35. The van der Waals surface area contributed by atoms with Crippen molar-refractivity contribution in [3.8, 4) is 0 Å². The molecule has 0 spiro atoms. The highest BCUT2D eigenvalue weighted by molar-refractivity contribution is 6.30. The molecule has 1 heterocycles. The molecule has 0 aliphatic carbocycles. The van der Waals surface area contributed by atoms with E-state index in [0.717, 1.165) is 50.6 Å². The summed E-state index contributed by atoms with van der Waals surface area (Å²) in [5, 5.41) is 0.761. The predicted octanol–water partition coefficient (Wildman–Crippen LogP) is 2.50. The van der Waals surface area contributed by atoms with Crippen LogP contribution >= 0.6 is 11.6 Å². The van der Waals surface area contributed by atoms with Gasteiger partial charge in [0.2, 0.25) is 5.91 Å². The number of amides is 1. The van der Waals surface area contributed by atoms with E-state index < -0.39 is 5.54 Å². The van der Waals surface area contributed by atoms with E-state index in [9.17, 15) is 4.79 Å². The van der Waals surface area contributed by atoms with Gasteiger partial charge in [-0.15, -0.1) is 0 Å². The van der Waals surface area contributed by atoms with Gasteiger partial charge in [-0.2, -0.15) is 0 Å². The number of carbonyl (C=O) groups is 1. The zero-order valence-corrected chi connectivity index (χ0v) is 14.3. The molecule has 1 aliphatic rings. The second kappa shape index (κ2) is 7.44. The third-order valence-corrected chi connectivity index (χ3v) is 4.49. The van der Waals surface area contributed by atoms with Crippen LogP contribution in [0.4, 0.5) is 0 Å². The molecule has 1 aromatic carbocycles. The van der Waals surface area contributed by atoms with Gasteiger partial charge in [0.15, 0.2) is 0 Å². The van der Waals surface area contributed by atoms with Gasteiger partial charge in [-0.3, -0.25) is 9.69 Å². The number of hydrogen-bond acceptors (Lipinski definition) is 3. The fraction of sp³-hybridized carbons (Fsp3) is 0.588. The van der Waals surface area contributed by atoms with Gasteiger partial charge in [0.05, 0.1) is 5.54 Å². The van der Waals surface area contributed by atoms with Crippen molar-refractivity contribution in [2.45, 2.75) is 38.8 Å². The average Bonchev–Trinajstić information content (AvgIpc) is 2.49. The van der Waals surface area contributed by atoms with E-state index in [0.29, 0.717) is 0 Å². The summed E-state index contributed by atoms with van der Waals surface area (Å²) in [7, 11) is 0. The number of piperazine rings is 1. The molecule has 1 amide bonds. The molecule has 1 atom stereocenters. The van der Waals surface area contributed by atoms with E-state index in [1.165, 1.54) is 5.56 Å². The Kier molecular flexibility index (Phi) is 5.84. The Morgan fingerprint density at radius 2 is 1.82 bits per heavy atom. The maximum absolute atomic E-state index is 12.5. The minimum absolute atomic E-state index is 0.0838. The van der Waals surface area contributed by atoms with Gasteiger partial charge < -0.3 is 10.6 Å². The number of halogens is 1. The van der Waals surface area contributed by atoms with E-state index in [2.05, 4.69) is 24.0 Å². The van der Waals surface area contributed by atoms with Crippen molar-refractivity contribution in [1.29, 1.82) is 0 Å². The van der Waals surface area contributed by atoms with Gasteiger partial charge in [-0.05, 0) is 31.0 Å². The normalized spacial score (nSPS) is 19.0. The summed E-state index contributed by atoms with van der Waals surface area (Å²) in [6.45, 7) is 8.08. The van der Waals surface area contributed by atoms with E-state index in [1.54, 1.807) is 0 Å². The summed E-state index contributed by atoms with van der Waals surface area (Å²) < 4.78 is 0. The molecule has 1 unspecified atom stereocenters. The summed E-state index contributed by atoms with van der Waals surface area (Å²) in [6, 6.07) is 7.94. The van der Waals surface area contributed by atoms with Crippen LogP contribution in [0.3, 0.4) is 0 Å². The molecule has 2 rings (SSSR count). The van der Waals surface area contributed by atoms with Crippen molar-refractivity contribution in [3.05, 3.63) is 34.9 Å². The van der Waals surface area contributed by atoms with Crippen LogP contribution in [0.15, 0.2) is 24.3 Å². The third kappa shape index (κ3) is 4.45. The Hall–Kier alpha value is -1.10. The van der Waals surface area contributed by atoms with E-state index >= 15 is 0 Å². The SMILES string of the molecule is CCCC(C)(N)C(=O)N1CCN(Cc2ccc(Cl)cc2)CC1. The Morgan fingerprint density at radius 3 is 2.36 bits per heavy atom. The van der Waals surface area contributed by atoms with Gasteiger partial charge in [0, 0.05) is 37.7 Å². The highest BCUT2D eigenvalue weighted by Gasteiger charge is 2.33. The number of rotatable bonds is 5. The lowest BCUT2D eigenvalue weighted by Crippen LogP contribution is -2.58. The van der Waals surface area contributed by atoms with Crippen molar-refractivity contribution in [3.63, 3.8) is 0 Å². The fourth-order valence-corrected chi connectivity index (χ4v) is 3.07. The summed E-state index contributed by atoms with van der Waals surface area (Å²) in [5.41, 5.74) is 6.68. The van der Waals surface area contributed by atoms with E-state index in [-0.39, 0.29) is 5.91 Å². The number of benzene rings is 1. The highest BCUT2D eigenvalue weighted by Crippen LogP contribution is 2.16. The quantitative estimate of drug-likeness (QED) is 0.905. The number of hydrogen-bond donors (Lipinski definition) is 1. The van der Waals surface area contributed by atoms with Crippen molar-refractivity contribution in [2.24, 2.45) is 5.73 Å². The molecule has 0 aromatic heterocycles. The molecular formula is C17H26ClN3O. The summed E-state index contributed by atoms with van der Waals surface area (Å²) in [5.74, 6) is 0.0838. The molecule has 122 valence electrons. The Labute approximate surface area is 138 Å². The molecule has 4 nitrogen and oxygen atoms in total. The Morgan fingerprint density at radius 1 is 1.23 bits per heavy atom. The molecule has 1 saturated heterocycles. The lowest BCUT2D eigenvalue weighted by atomic mass is 9.95. The topological polar surface area (TPSA) is 49.6 Å². The zero-order valence-electron chi connectivity index (χ0n) is 13.5. The molecule has 0 radical (unpaired) electrons. The Balaban J connectivity index is 1.85. The standard InChI is InChI=1S/C17H26ClN3O/c1-3-8-17(2,19)16(22)21-11-9-20(10-12-21)13-14-4-6-15(18)7-5-14/h4-7H,3,8-13,19H2,1-2H3. The van der Waals surface area contributed by atoms with Crippen molar-refractivity contribution >= 4 is 17.5 Å². The van der Waals surface area contributed by atoms with Crippen LogP contribution in [0.25, 0.3) is 0 Å². The van der Waals surface area contributed by atoms with Gasteiger partial charge in [0.1, 0.15) is 0 Å². The zero-order chi connectivity index (χ0) is 16.2. The number of nitrogens with zero attached hydrogens (tertiary/aromatic N) is 2. The molecule has 0 bridgehead atoms. The lowest BCUT2D eigenvalue weighted by molar-refractivity contribution is -0.138. The maximum atomic E-state index is 12.5.